The maximum absolute atomic E-state index is 11.1. The van der Waals surface area contributed by atoms with Gasteiger partial charge in [-0.2, -0.15) is 0 Å². The smallest absolute Gasteiger partial charge is 0.191 e. The third kappa shape index (κ3) is 5.80. The number of hydrogen-bond acceptors (Lipinski definition) is 2. The Morgan fingerprint density at radius 2 is 1.56 bits per heavy atom. The molecule has 16 heavy (non-hydrogen) atoms. The molecule has 0 saturated carbocycles. The van der Waals surface area contributed by atoms with Gasteiger partial charge in [-0.1, -0.05) is 27.7 Å². The molecule has 0 amide bonds. The van der Waals surface area contributed by atoms with Crippen LogP contribution in [-0.4, -0.2) is 20.7 Å². The number of Topliss-reactive ketones (excluding diaryl/α,β-unsaturated/α-hetero) is 1. The molecule has 2 nitrogen and oxygen atoms in total. The predicted octanol–water partition coefficient (Wildman–Crippen LogP) is 4.16. The van der Waals surface area contributed by atoms with Crippen molar-refractivity contribution >= 4 is 14.1 Å². The summed E-state index contributed by atoms with van der Waals surface area (Å²) in [7, 11) is -1.39. The molecular formula is C13H28O2Si. The van der Waals surface area contributed by atoms with E-state index in [-0.39, 0.29) is 0 Å². The first-order valence-electron chi connectivity index (χ1n) is 6.79. The van der Waals surface area contributed by atoms with Gasteiger partial charge in [0.25, 0.3) is 0 Å². The molecule has 0 fully saturated rings. The van der Waals surface area contributed by atoms with Crippen LogP contribution in [0.25, 0.3) is 0 Å². The predicted molar refractivity (Wildman–Crippen MR) is 72.3 cm³/mol. The summed E-state index contributed by atoms with van der Waals surface area (Å²) in [5.41, 5.74) is 0. The standard InChI is InChI=1S/C13H28O2Si/c1-5-13(14)11-9-10-12-15-16(6-2,7-3)8-4/h5-12H2,1-4H3. The van der Waals surface area contributed by atoms with Crippen molar-refractivity contribution in [3.8, 4) is 0 Å². The third-order valence-corrected chi connectivity index (χ3v) is 8.27. The van der Waals surface area contributed by atoms with Gasteiger partial charge in [0.15, 0.2) is 8.32 Å². The van der Waals surface area contributed by atoms with Crippen molar-refractivity contribution in [3.05, 3.63) is 0 Å². The summed E-state index contributed by atoms with van der Waals surface area (Å²) in [5.74, 6) is 0.380. The minimum absolute atomic E-state index is 0.380. The van der Waals surface area contributed by atoms with Gasteiger partial charge in [0.1, 0.15) is 5.78 Å². The lowest BCUT2D eigenvalue weighted by molar-refractivity contribution is -0.118. The first-order valence-corrected chi connectivity index (χ1v) is 9.32. The van der Waals surface area contributed by atoms with Gasteiger partial charge < -0.3 is 4.43 Å². The average Bonchev–Trinajstić information content (AvgIpc) is 2.34. The summed E-state index contributed by atoms with van der Waals surface area (Å²) in [6, 6.07) is 3.65. The monoisotopic (exact) mass is 244 g/mol. The van der Waals surface area contributed by atoms with Crippen molar-refractivity contribution in [2.24, 2.45) is 0 Å². The molecule has 0 saturated heterocycles. The molecule has 0 radical (unpaired) electrons. The molecule has 0 rings (SSSR count). The van der Waals surface area contributed by atoms with E-state index in [1.54, 1.807) is 0 Å². The lowest BCUT2D eigenvalue weighted by atomic mass is 10.1. The molecule has 0 unspecified atom stereocenters. The summed E-state index contributed by atoms with van der Waals surface area (Å²) in [6.45, 7) is 9.54. The Kier molecular flexibility index (Phi) is 8.85. The topological polar surface area (TPSA) is 26.3 Å². The number of unbranched alkanes of at least 4 members (excludes halogenated alkanes) is 1. The largest absolute Gasteiger partial charge is 0.417 e. The van der Waals surface area contributed by atoms with Crippen LogP contribution in [0, 0.1) is 0 Å². The first-order chi connectivity index (χ1) is 7.64. The van der Waals surface area contributed by atoms with Crippen molar-refractivity contribution in [3.63, 3.8) is 0 Å². The van der Waals surface area contributed by atoms with E-state index in [2.05, 4.69) is 20.8 Å². The minimum atomic E-state index is -1.39. The van der Waals surface area contributed by atoms with Gasteiger partial charge in [0.05, 0.1) is 0 Å². The van der Waals surface area contributed by atoms with E-state index in [9.17, 15) is 4.79 Å². The van der Waals surface area contributed by atoms with Crippen LogP contribution >= 0.6 is 0 Å². The van der Waals surface area contributed by atoms with Gasteiger partial charge >= 0.3 is 0 Å². The average molecular weight is 244 g/mol. The van der Waals surface area contributed by atoms with E-state index >= 15 is 0 Å². The van der Waals surface area contributed by atoms with E-state index in [1.807, 2.05) is 6.92 Å². The quantitative estimate of drug-likeness (QED) is 0.426. The number of ketones is 1. The first kappa shape index (κ1) is 15.8. The summed E-state index contributed by atoms with van der Waals surface area (Å²) < 4.78 is 6.12. The maximum atomic E-state index is 11.1. The minimum Gasteiger partial charge on any atom is -0.417 e. The fraction of sp³-hybridized carbons (Fsp3) is 0.923. The van der Waals surface area contributed by atoms with E-state index in [4.69, 9.17) is 4.43 Å². The van der Waals surface area contributed by atoms with Crippen LogP contribution < -0.4 is 0 Å². The maximum Gasteiger partial charge on any atom is 0.191 e. The molecule has 0 aliphatic heterocycles. The lowest BCUT2D eigenvalue weighted by Crippen LogP contribution is -2.36. The molecule has 0 N–H and O–H groups in total. The Morgan fingerprint density at radius 3 is 2.00 bits per heavy atom. The van der Waals surface area contributed by atoms with Crippen LogP contribution in [0.2, 0.25) is 18.1 Å². The zero-order valence-corrected chi connectivity index (χ0v) is 12.5. The van der Waals surface area contributed by atoms with Gasteiger partial charge in [0, 0.05) is 19.4 Å². The number of hydrogen-bond donors (Lipinski definition) is 0. The normalized spacial score (nSPS) is 11.8. The van der Waals surface area contributed by atoms with Gasteiger partial charge in [-0.15, -0.1) is 0 Å². The van der Waals surface area contributed by atoms with E-state index in [0.29, 0.717) is 12.2 Å². The molecular weight excluding hydrogens is 216 g/mol. The molecule has 96 valence electrons. The molecule has 0 aromatic heterocycles. The highest BCUT2D eigenvalue weighted by Gasteiger charge is 2.28. The SMILES string of the molecule is CCC(=O)CCCCO[Si](CC)(CC)CC. The van der Waals surface area contributed by atoms with Crippen LogP contribution in [0.5, 0.6) is 0 Å². The van der Waals surface area contributed by atoms with E-state index in [1.165, 1.54) is 18.1 Å². The molecule has 0 heterocycles. The van der Waals surface area contributed by atoms with Crippen LogP contribution in [0.4, 0.5) is 0 Å². The zero-order valence-electron chi connectivity index (χ0n) is 11.5. The molecule has 0 atom stereocenters. The van der Waals surface area contributed by atoms with Crippen LogP contribution in [-0.2, 0) is 9.22 Å². The van der Waals surface area contributed by atoms with Gasteiger partial charge in [-0.3, -0.25) is 4.79 Å². The molecule has 0 bridgehead atoms. The third-order valence-electron chi connectivity index (χ3n) is 3.59. The van der Waals surface area contributed by atoms with Crippen LogP contribution in [0.3, 0.4) is 0 Å². The molecule has 0 aliphatic carbocycles. The lowest BCUT2D eigenvalue weighted by Gasteiger charge is -2.27. The van der Waals surface area contributed by atoms with Gasteiger partial charge in [-0.05, 0) is 31.0 Å². The summed E-state index contributed by atoms with van der Waals surface area (Å²) in [6.07, 6.45) is 3.45. The summed E-state index contributed by atoms with van der Waals surface area (Å²) in [4.78, 5) is 11.1. The second-order valence-electron chi connectivity index (χ2n) is 4.44. The van der Waals surface area contributed by atoms with E-state index in [0.717, 1.165) is 25.9 Å². The van der Waals surface area contributed by atoms with Crippen LogP contribution in [0.1, 0.15) is 53.4 Å². The van der Waals surface area contributed by atoms with Crippen LogP contribution in [0.15, 0.2) is 0 Å². The fourth-order valence-electron chi connectivity index (χ4n) is 1.95. The van der Waals surface area contributed by atoms with Gasteiger partial charge in [-0.25, -0.2) is 0 Å². The Labute approximate surface area is 102 Å². The molecule has 0 spiro atoms. The molecule has 0 aromatic rings. The summed E-state index contributed by atoms with van der Waals surface area (Å²) >= 11 is 0. The second kappa shape index (κ2) is 8.94. The highest BCUT2D eigenvalue weighted by molar-refractivity contribution is 6.73. The fourth-order valence-corrected chi connectivity index (χ4v) is 4.64. The van der Waals surface area contributed by atoms with Gasteiger partial charge in [0.2, 0.25) is 0 Å². The highest BCUT2D eigenvalue weighted by Crippen LogP contribution is 2.21. The second-order valence-corrected chi connectivity index (χ2v) is 9.22. The van der Waals surface area contributed by atoms with Crippen molar-refractivity contribution in [1.82, 2.24) is 0 Å². The number of carbonyl (C=O) groups excluding carboxylic acids is 1. The Balaban J connectivity index is 3.67. The van der Waals surface area contributed by atoms with Crippen molar-refractivity contribution < 1.29 is 9.22 Å². The molecule has 0 aliphatic rings. The molecule has 3 heteroatoms. The number of rotatable bonds is 10. The molecule has 0 aromatic carbocycles. The Hall–Kier alpha value is -0.153. The summed E-state index contributed by atoms with van der Waals surface area (Å²) in [5, 5.41) is 0. The Morgan fingerprint density at radius 1 is 1.00 bits per heavy atom. The van der Waals surface area contributed by atoms with Crippen molar-refractivity contribution in [1.29, 1.82) is 0 Å². The number of carbonyl (C=O) groups is 1. The van der Waals surface area contributed by atoms with E-state index < -0.39 is 8.32 Å². The highest BCUT2D eigenvalue weighted by atomic mass is 28.4. The van der Waals surface area contributed by atoms with Crippen molar-refractivity contribution in [2.45, 2.75) is 71.5 Å². The van der Waals surface area contributed by atoms with Crippen molar-refractivity contribution in [2.75, 3.05) is 6.61 Å². The Bertz CT molecular complexity index is 180. The zero-order chi connectivity index (χ0) is 12.4.